The molecule has 2 unspecified atom stereocenters. The van der Waals surface area contributed by atoms with Gasteiger partial charge in [-0.05, 0) is 43.1 Å². The van der Waals surface area contributed by atoms with Crippen LogP contribution in [0.25, 0.3) is 0 Å². The van der Waals surface area contributed by atoms with Gasteiger partial charge in [-0.15, -0.1) is 0 Å². The summed E-state index contributed by atoms with van der Waals surface area (Å²) in [6.07, 6.45) is -0.0968. The molecule has 0 aromatic heterocycles. The minimum Gasteiger partial charge on any atom is -0.497 e. The van der Waals surface area contributed by atoms with Crippen LogP contribution < -0.4 is 10.1 Å². The van der Waals surface area contributed by atoms with Crippen molar-refractivity contribution < 1.29 is 19.7 Å². The lowest BCUT2D eigenvalue weighted by Crippen LogP contribution is -2.37. The maximum absolute atomic E-state index is 10.9. The van der Waals surface area contributed by atoms with Crippen molar-refractivity contribution in [2.75, 3.05) is 13.7 Å². The van der Waals surface area contributed by atoms with Gasteiger partial charge in [-0.1, -0.05) is 13.0 Å². The van der Waals surface area contributed by atoms with Gasteiger partial charge in [0.1, 0.15) is 5.75 Å². The summed E-state index contributed by atoms with van der Waals surface area (Å²) in [7, 11) is 1.58. The zero-order valence-corrected chi connectivity index (χ0v) is 12.2. The number of hydrogen-bond acceptors (Lipinski definition) is 4. The van der Waals surface area contributed by atoms with E-state index in [0.29, 0.717) is 6.54 Å². The van der Waals surface area contributed by atoms with Crippen molar-refractivity contribution >= 4 is 5.97 Å². The first-order chi connectivity index (χ1) is 9.49. The topological polar surface area (TPSA) is 78.8 Å². The molecule has 5 nitrogen and oxygen atoms in total. The van der Waals surface area contributed by atoms with Gasteiger partial charge in [0.2, 0.25) is 0 Å². The van der Waals surface area contributed by atoms with Crippen LogP contribution in [-0.2, 0) is 4.79 Å². The summed E-state index contributed by atoms with van der Waals surface area (Å²) >= 11 is 0. The third-order valence-corrected chi connectivity index (χ3v) is 3.23. The van der Waals surface area contributed by atoms with Crippen molar-refractivity contribution in [1.82, 2.24) is 5.32 Å². The Morgan fingerprint density at radius 3 is 2.65 bits per heavy atom. The Balaban J connectivity index is 2.92. The summed E-state index contributed by atoms with van der Waals surface area (Å²) in [5.74, 6) is -0.210. The van der Waals surface area contributed by atoms with Crippen LogP contribution in [0.15, 0.2) is 18.2 Å². The number of aliphatic carboxylic acids is 1. The molecule has 1 aromatic carbocycles. The van der Waals surface area contributed by atoms with E-state index in [9.17, 15) is 9.90 Å². The molecular formula is C15H23NO4. The molecule has 2 atom stereocenters. The van der Waals surface area contributed by atoms with Crippen LogP contribution in [0.3, 0.4) is 0 Å². The van der Waals surface area contributed by atoms with Crippen molar-refractivity contribution in [2.24, 2.45) is 0 Å². The van der Waals surface area contributed by atoms with Crippen molar-refractivity contribution in [1.29, 1.82) is 0 Å². The molecule has 0 amide bonds. The van der Waals surface area contributed by atoms with E-state index >= 15 is 0 Å². The Bertz CT molecular complexity index is 447. The molecular weight excluding hydrogens is 258 g/mol. The van der Waals surface area contributed by atoms with Gasteiger partial charge in [-0.25, -0.2) is 0 Å². The van der Waals surface area contributed by atoms with E-state index in [4.69, 9.17) is 9.84 Å². The van der Waals surface area contributed by atoms with Gasteiger partial charge < -0.3 is 20.3 Å². The highest BCUT2D eigenvalue weighted by Crippen LogP contribution is 2.25. The van der Waals surface area contributed by atoms with Gasteiger partial charge in [-0.2, -0.15) is 0 Å². The van der Waals surface area contributed by atoms with Gasteiger partial charge in [0.25, 0.3) is 0 Å². The van der Waals surface area contributed by atoms with E-state index < -0.39 is 18.1 Å². The lowest BCUT2D eigenvalue weighted by molar-refractivity contribution is -0.138. The number of carboxylic acids is 1. The molecule has 0 saturated heterocycles. The van der Waals surface area contributed by atoms with Crippen molar-refractivity contribution in [3.8, 4) is 5.75 Å². The van der Waals surface area contributed by atoms with E-state index in [1.165, 1.54) is 0 Å². The number of aliphatic hydroxyl groups excluding tert-OH is 1. The standard InChI is InChI=1S/C15H23NO4/c1-4-7-16-13(9-14(17)18)15(19)12-6-5-11(20-3)8-10(12)2/h5-6,8,13,15-16,19H,4,7,9H2,1-3H3,(H,17,18). The minimum absolute atomic E-state index is 0.118. The number of carboxylic acid groups (broad SMARTS) is 1. The zero-order chi connectivity index (χ0) is 15.1. The summed E-state index contributed by atoms with van der Waals surface area (Å²) in [6.45, 7) is 4.54. The smallest absolute Gasteiger partial charge is 0.305 e. The first-order valence-corrected chi connectivity index (χ1v) is 6.77. The van der Waals surface area contributed by atoms with Crippen LogP contribution in [0.4, 0.5) is 0 Å². The fraction of sp³-hybridized carbons (Fsp3) is 0.533. The summed E-state index contributed by atoms with van der Waals surface area (Å²) in [5.41, 5.74) is 1.60. The fourth-order valence-electron chi connectivity index (χ4n) is 2.14. The first-order valence-electron chi connectivity index (χ1n) is 6.77. The first kappa shape index (κ1) is 16.5. The molecule has 1 aromatic rings. The van der Waals surface area contributed by atoms with E-state index in [0.717, 1.165) is 23.3 Å². The van der Waals surface area contributed by atoms with Crippen LogP contribution in [-0.4, -0.2) is 35.9 Å². The van der Waals surface area contributed by atoms with Gasteiger partial charge in [0, 0.05) is 6.04 Å². The van der Waals surface area contributed by atoms with Gasteiger partial charge in [-0.3, -0.25) is 4.79 Å². The van der Waals surface area contributed by atoms with Crippen molar-refractivity contribution in [3.63, 3.8) is 0 Å². The minimum atomic E-state index is -0.927. The Morgan fingerprint density at radius 1 is 1.45 bits per heavy atom. The maximum atomic E-state index is 10.9. The predicted molar refractivity (Wildman–Crippen MR) is 77.0 cm³/mol. The second kappa shape index (κ2) is 7.87. The molecule has 1 rings (SSSR count). The number of benzene rings is 1. The second-order valence-electron chi connectivity index (χ2n) is 4.83. The number of aliphatic hydroxyl groups is 1. The highest BCUT2D eigenvalue weighted by atomic mass is 16.5. The maximum Gasteiger partial charge on any atom is 0.305 e. The molecule has 3 N–H and O–H groups in total. The molecule has 112 valence electrons. The van der Waals surface area contributed by atoms with Crippen LogP contribution in [0.5, 0.6) is 5.75 Å². The molecule has 0 saturated carbocycles. The second-order valence-corrected chi connectivity index (χ2v) is 4.83. The summed E-state index contributed by atoms with van der Waals surface area (Å²) in [6, 6.07) is 4.88. The van der Waals surface area contributed by atoms with E-state index in [1.807, 2.05) is 19.9 Å². The molecule has 0 aliphatic carbocycles. The van der Waals surface area contributed by atoms with Gasteiger partial charge >= 0.3 is 5.97 Å². The zero-order valence-electron chi connectivity index (χ0n) is 12.2. The number of methoxy groups -OCH3 is 1. The number of hydrogen-bond donors (Lipinski definition) is 3. The summed E-state index contributed by atoms with van der Waals surface area (Å²) in [5, 5.41) is 22.5. The quantitative estimate of drug-likeness (QED) is 0.678. The number of rotatable bonds is 8. The number of nitrogens with one attached hydrogen (secondary N) is 1. The third kappa shape index (κ3) is 4.51. The number of aryl methyl sites for hydroxylation is 1. The molecule has 20 heavy (non-hydrogen) atoms. The normalized spacial score (nSPS) is 13.8. The molecule has 0 aliphatic rings. The summed E-state index contributed by atoms with van der Waals surface area (Å²) < 4.78 is 5.13. The highest BCUT2D eigenvalue weighted by molar-refractivity contribution is 5.67. The van der Waals surface area contributed by atoms with Crippen LogP contribution in [0.1, 0.15) is 37.0 Å². The fourth-order valence-corrected chi connectivity index (χ4v) is 2.14. The number of carbonyl (C=O) groups is 1. The van der Waals surface area contributed by atoms with Crippen molar-refractivity contribution in [3.05, 3.63) is 29.3 Å². The summed E-state index contributed by atoms with van der Waals surface area (Å²) in [4.78, 5) is 10.9. The lowest BCUT2D eigenvalue weighted by Gasteiger charge is -2.24. The molecule has 0 spiro atoms. The van der Waals surface area contributed by atoms with E-state index in [1.54, 1.807) is 19.2 Å². The van der Waals surface area contributed by atoms with Crippen LogP contribution >= 0.6 is 0 Å². The lowest BCUT2D eigenvalue weighted by atomic mass is 9.95. The molecule has 0 radical (unpaired) electrons. The average Bonchev–Trinajstić information content (AvgIpc) is 2.42. The monoisotopic (exact) mass is 281 g/mol. The molecule has 0 bridgehead atoms. The van der Waals surface area contributed by atoms with Crippen LogP contribution in [0.2, 0.25) is 0 Å². The van der Waals surface area contributed by atoms with E-state index in [2.05, 4.69) is 5.32 Å². The molecule has 5 heteroatoms. The van der Waals surface area contributed by atoms with Crippen molar-refractivity contribution in [2.45, 2.75) is 38.8 Å². The highest BCUT2D eigenvalue weighted by Gasteiger charge is 2.24. The van der Waals surface area contributed by atoms with E-state index in [-0.39, 0.29) is 6.42 Å². The van der Waals surface area contributed by atoms with Gasteiger partial charge in [0.05, 0.1) is 19.6 Å². The molecule has 0 aliphatic heterocycles. The molecule has 0 heterocycles. The molecule has 0 fully saturated rings. The third-order valence-electron chi connectivity index (χ3n) is 3.23. The largest absolute Gasteiger partial charge is 0.497 e. The Kier molecular flexibility index (Phi) is 6.48. The van der Waals surface area contributed by atoms with Gasteiger partial charge in [0.15, 0.2) is 0 Å². The predicted octanol–water partition coefficient (Wildman–Crippen LogP) is 1.88. The Hall–Kier alpha value is -1.59. The van der Waals surface area contributed by atoms with Crippen LogP contribution in [0, 0.1) is 6.92 Å². The number of ether oxygens (including phenoxy) is 1. The Morgan fingerprint density at radius 2 is 2.15 bits per heavy atom. The SMILES string of the molecule is CCCNC(CC(=O)O)C(O)c1ccc(OC)cc1C. The average molecular weight is 281 g/mol. The Labute approximate surface area is 119 Å².